The summed E-state index contributed by atoms with van der Waals surface area (Å²) in [4.78, 5) is 24.0. The number of urea groups is 1. The molecule has 5 heteroatoms. The number of benzene rings is 1. The van der Waals surface area contributed by atoms with Gasteiger partial charge in [-0.2, -0.15) is 0 Å². The highest BCUT2D eigenvalue weighted by Crippen LogP contribution is 2.11. The highest BCUT2D eigenvalue weighted by Gasteiger charge is 2.13. The molecule has 1 unspecified atom stereocenters. The SMILES string of the molecule is CCCCCCC(=O)NC1=CC(NC(=O)Nc2ccccc2)CC=C1. The maximum Gasteiger partial charge on any atom is 0.319 e. The fraction of sp³-hybridized carbons (Fsp3) is 0.400. The lowest BCUT2D eigenvalue weighted by molar-refractivity contribution is -0.120. The number of nitrogens with one attached hydrogen (secondary N) is 3. The van der Waals surface area contributed by atoms with Crippen LogP contribution in [0.25, 0.3) is 0 Å². The van der Waals surface area contributed by atoms with E-state index in [1.54, 1.807) is 0 Å². The number of hydrogen-bond acceptors (Lipinski definition) is 2. The smallest absolute Gasteiger partial charge is 0.319 e. The second-order valence-electron chi connectivity index (χ2n) is 6.19. The molecule has 0 aliphatic heterocycles. The van der Waals surface area contributed by atoms with Crippen LogP contribution in [0.15, 0.2) is 54.3 Å². The van der Waals surface area contributed by atoms with E-state index in [4.69, 9.17) is 0 Å². The summed E-state index contributed by atoms with van der Waals surface area (Å²) in [7, 11) is 0. The molecule has 0 heterocycles. The topological polar surface area (TPSA) is 70.2 Å². The van der Waals surface area contributed by atoms with Gasteiger partial charge in [0, 0.05) is 17.8 Å². The summed E-state index contributed by atoms with van der Waals surface area (Å²) in [6.45, 7) is 2.15. The third-order valence-electron chi connectivity index (χ3n) is 3.96. The zero-order chi connectivity index (χ0) is 17.9. The zero-order valence-electron chi connectivity index (χ0n) is 14.8. The molecule has 0 fully saturated rings. The first kappa shape index (κ1) is 18.8. The van der Waals surface area contributed by atoms with Gasteiger partial charge in [-0.05, 0) is 37.1 Å². The minimum absolute atomic E-state index is 0.0291. The van der Waals surface area contributed by atoms with Crippen LogP contribution in [0, 0.1) is 0 Å². The molecule has 1 aromatic rings. The highest BCUT2D eigenvalue weighted by atomic mass is 16.2. The van der Waals surface area contributed by atoms with E-state index in [0.717, 1.165) is 30.6 Å². The monoisotopic (exact) mass is 341 g/mol. The highest BCUT2D eigenvalue weighted by molar-refractivity contribution is 5.89. The predicted molar refractivity (Wildman–Crippen MR) is 101 cm³/mol. The summed E-state index contributed by atoms with van der Waals surface area (Å²) in [5, 5.41) is 8.61. The third kappa shape index (κ3) is 7.25. The molecule has 0 aromatic heterocycles. The summed E-state index contributed by atoms with van der Waals surface area (Å²) >= 11 is 0. The first-order valence-electron chi connectivity index (χ1n) is 8.98. The Morgan fingerprint density at radius 3 is 2.64 bits per heavy atom. The fourth-order valence-electron chi connectivity index (χ4n) is 2.66. The maximum absolute atomic E-state index is 12.0. The molecule has 0 saturated carbocycles. The number of anilines is 1. The van der Waals surface area contributed by atoms with Crippen molar-refractivity contribution < 1.29 is 9.59 Å². The summed E-state index contributed by atoms with van der Waals surface area (Å²) in [6, 6.07) is 8.91. The molecule has 2 rings (SSSR count). The Morgan fingerprint density at radius 2 is 1.88 bits per heavy atom. The van der Waals surface area contributed by atoms with E-state index in [-0.39, 0.29) is 18.0 Å². The number of rotatable bonds is 8. The van der Waals surface area contributed by atoms with Gasteiger partial charge in [-0.1, -0.05) is 50.5 Å². The molecule has 1 aliphatic rings. The number of amides is 3. The van der Waals surface area contributed by atoms with Crippen molar-refractivity contribution in [3.8, 4) is 0 Å². The first-order chi connectivity index (χ1) is 12.2. The van der Waals surface area contributed by atoms with Gasteiger partial charge < -0.3 is 16.0 Å². The van der Waals surface area contributed by atoms with Crippen LogP contribution in [0.4, 0.5) is 10.5 Å². The molecule has 3 amide bonds. The molecule has 0 bridgehead atoms. The van der Waals surface area contributed by atoms with Crippen molar-refractivity contribution in [2.24, 2.45) is 0 Å². The molecule has 0 radical (unpaired) electrons. The number of hydrogen-bond donors (Lipinski definition) is 3. The summed E-state index contributed by atoms with van der Waals surface area (Å²) in [5.74, 6) is 0.0291. The van der Waals surface area contributed by atoms with E-state index in [1.165, 1.54) is 6.42 Å². The quantitative estimate of drug-likeness (QED) is 0.623. The standard InChI is InChI=1S/C20H27N3O2/c1-2-3-4-8-14-19(24)21-17-12-9-13-18(15-17)23-20(25)22-16-10-6-5-7-11-16/h5-7,9-12,15,18H,2-4,8,13-14H2,1H3,(H,21,24)(H2,22,23,25). The minimum atomic E-state index is -0.256. The Morgan fingerprint density at radius 1 is 1.08 bits per heavy atom. The Hall–Kier alpha value is -2.56. The van der Waals surface area contributed by atoms with Crippen LogP contribution >= 0.6 is 0 Å². The van der Waals surface area contributed by atoms with E-state index < -0.39 is 0 Å². The predicted octanol–water partition coefficient (Wildman–Crippen LogP) is 4.11. The van der Waals surface area contributed by atoms with E-state index >= 15 is 0 Å². The van der Waals surface area contributed by atoms with Crippen molar-refractivity contribution in [3.63, 3.8) is 0 Å². The second kappa shape index (κ2) is 10.3. The average Bonchev–Trinajstić information content (AvgIpc) is 2.60. The van der Waals surface area contributed by atoms with Gasteiger partial charge in [0.1, 0.15) is 0 Å². The normalized spacial score (nSPS) is 16.0. The van der Waals surface area contributed by atoms with Crippen molar-refractivity contribution in [1.29, 1.82) is 0 Å². The van der Waals surface area contributed by atoms with Gasteiger partial charge >= 0.3 is 6.03 Å². The van der Waals surface area contributed by atoms with E-state index in [9.17, 15) is 9.59 Å². The molecule has 5 nitrogen and oxygen atoms in total. The van der Waals surface area contributed by atoms with Gasteiger partial charge in [0.2, 0.25) is 5.91 Å². The van der Waals surface area contributed by atoms with Crippen molar-refractivity contribution in [3.05, 3.63) is 54.3 Å². The number of carbonyl (C=O) groups is 2. The van der Waals surface area contributed by atoms with Gasteiger partial charge in [-0.3, -0.25) is 4.79 Å². The minimum Gasteiger partial charge on any atom is -0.331 e. The lowest BCUT2D eigenvalue weighted by atomic mass is 10.1. The average molecular weight is 341 g/mol. The Kier molecular flexibility index (Phi) is 7.76. The molecule has 1 aromatic carbocycles. The molecule has 25 heavy (non-hydrogen) atoms. The molecular formula is C20H27N3O2. The maximum atomic E-state index is 12.0. The lowest BCUT2D eigenvalue weighted by Gasteiger charge is -2.19. The van der Waals surface area contributed by atoms with Crippen molar-refractivity contribution in [2.75, 3.05) is 5.32 Å². The van der Waals surface area contributed by atoms with Crippen LogP contribution < -0.4 is 16.0 Å². The summed E-state index contributed by atoms with van der Waals surface area (Å²) in [6.07, 6.45) is 11.3. The van der Waals surface area contributed by atoms with Crippen LogP contribution in [0.3, 0.4) is 0 Å². The number of para-hydroxylation sites is 1. The van der Waals surface area contributed by atoms with Gasteiger partial charge in [0.25, 0.3) is 0 Å². The largest absolute Gasteiger partial charge is 0.331 e. The molecule has 0 saturated heterocycles. The zero-order valence-corrected chi connectivity index (χ0v) is 14.8. The lowest BCUT2D eigenvalue weighted by Crippen LogP contribution is -2.38. The van der Waals surface area contributed by atoms with Crippen LogP contribution in [0.2, 0.25) is 0 Å². The fourth-order valence-corrected chi connectivity index (χ4v) is 2.66. The van der Waals surface area contributed by atoms with E-state index in [1.807, 2.05) is 48.6 Å². The Balaban J connectivity index is 1.77. The first-order valence-corrected chi connectivity index (χ1v) is 8.98. The second-order valence-corrected chi connectivity index (χ2v) is 6.19. The van der Waals surface area contributed by atoms with Crippen LogP contribution in [-0.2, 0) is 4.79 Å². The molecule has 134 valence electrons. The third-order valence-corrected chi connectivity index (χ3v) is 3.96. The van der Waals surface area contributed by atoms with Crippen LogP contribution in [0.5, 0.6) is 0 Å². The van der Waals surface area contributed by atoms with Crippen molar-refractivity contribution >= 4 is 17.6 Å². The number of carbonyl (C=O) groups excluding carboxylic acids is 2. The van der Waals surface area contributed by atoms with Crippen molar-refractivity contribution in [1.82, 2.24) is 10.6 Å². The van der Waals surface area contributed by atoms with Gasteiger partial charge in [-0.15, -0.1) is 0 Å². The summed E-state index contributed by atoms with van der Waals surface area (Å²) in [5.41, 5.74) is 1.49. The molecule has 1 atom stereocenters. The van der Waals surface area contributed by atoms with Crippen molar-refractivity contribution in [2.45, 2.75) is 51.5 Å². The molecule has 1 aliphatic carbocycles. The number of unbranched alkanes of at least 4 members (excludes halogenated alkanes) is 3. The molecule has 3 N–H and O–H groups in total. The van der Waals surface area contributed by atoms with Gasteiger partial charge in [0.15, 0.2) is 0 Å². The molecular weight excluding hydrogens is 314 g/mol. The van der Waals surface area contributed by atoms with Gasteiger partial charge in [-0.25, -0.2) is 4.79 Å². The van der Waals surface area contributed by atoms with E-state index in [0.29, 0.717) is 12.8 Å². The Labute approximate surface area is 149 Å². The van der Waals surface area contributed by atoms with Gasteiger partial charge in [0.05, 0.1) is 6.04 Å². The van der Waals surface area contributed by atoms with Crippen LogP contribution in [-0.4, -0.2) is 18.0 Å². The van der Waals surface area contributed by atoms with Crippen LogP contribution in [0.1, 0.15) is 45.4 Å². The summed E-state index contributed by atoms with van der Waals surface area (Å²) < 4.78 is 0. The Bertz CT molecular complexity index is 623. The molecule has 0 spiro atoms. The number of allylic oxidation sites excluding steroid dienone is 1. The van der Waals surface area contributed by atoms with E-state index in [2.05, 4.69) is 22.9 Å².